The molecule has 2 atom stereocenters. The van der Waals surface area contributed by atoms with Crippen LogP contribution in [-0.2, 0) is 9.53 Å². The molecule has 2 aromatic carbocycles. The van der Waals surface area contributed by atoms with Crippen molar-refractivity contribution in [1.82, 2.24) is 0 Å². The average molecular weight is 302 g/mol. The first kappa shape index (κ1) is 13.8. The number of hydrogen-bond donors (Lipinski definition) is 3. The van der Waals surface area contributed by atoms with Crippen molar-refractivity contribution in [2.75, 3.05) is 0 Å². The summed E-state index contributed by atoms with van der Waals surface area (Å²) >= 11 is 4.56. The third-order valence-corrected chi connectivity index (χ3v) is 4.10. The van der Waals surface area contributed by atoms with Crippen molar-refractivity contribution in [3.8, 4) is 0 Å². The maximum Gasteiger partial charge on any atom is 0.377 e. The molecule has 3 rings (SSSR count). The van der Waals surface area contributed by atoms with E-state index in [0.717, 1.165) is 16.3 Å². The molecule has 0 amide bonds. The predicted octanol–water partition coefficient (Wildman–Crippen LogP) is 3.45. The third-order valence-electron chi connectivity index (χ3n) is 3.61. The molecule has 2 unspecified atom stereocenters. The Kier molecular flexibility index (Phi) is 3.51. The van der Waals surface area contributed by atoms with Crippen molar-refractivity contribution in [2.24, 2.45) is 0 Å². The molecule has 2 N–H and O–H groups in total. The fourth-order valence-corrected chi connectivity index (χ4v) is 2.95. The van der Waals surface area contributed by atoms with E-state index in [2.05, 4.69) is 12.6 Å². The molecule has 2 aromatic rings. The summed E-state index contributed by atoms with van der Waals surface area (Å²) in [7, 11) is 0. The highest BCUT2D eigenvalue weighted by Gasteiger charge is 2.35. The van der Waals surface area contributed by atoms with E-state index in [1.54, 1.807) is 0 Å². The van der Waals surface area contributed by atoms with Gasteiger partial charge in [0.25, 0.3) is 0 Å². The van der Waals surface area contributed by atoms with Gasteiger partial charge in [-0.1, -0.05) is 42.5 Å². The molecule has 0 saturated heterocycles. The van der Waals surface area contributed by atoms with Gasteiger partial charge in [-0.3, -0.25) is 0 Å². The molecule has 108 valence electrons. The van der Waals surface area contributed by atoms with Gasteiger partial charge in [0.1, 0.15) is 0 Å². The molecule has 0 fully saturated rings. The van der Waals surface area contributed by atoms with Gasteiger partial charge in [-0.05, 0) is 16.3 Å². The van der Waals surface area contributed by atoms with Gasteiger partial charge in [-0.15, -0.1) is 0 Å². The summed E-state index contributed by atoms with van der Waals surface area (Å²) in [6.45, 7) is 0. The van der Waals surface area contributed by atoms with E-state index in [-0.39, 0.29) is 5.25 Å². The lowest BCUT2D eigenvalue weighted by atomic mass is 9.98. The second-order valence-corrected chi connectivity index (χ2v) is 5.57. The van der Waals surface area contributed by atoms with E-state index in [0.29, 0.717) is 6.42 Å². The minimum atomic E-state index is -0.893. The molecule has 0 aliphatic carbocycles. The van der Waals surface area contributed by atoms with Crippen LogP contribution >= 0.6 is 12.6 Å². The second-order valence-electron chi connectivity index (χ2n) is 4.95. The summed E-state index contributed by atoms with van der Waals surface area (Å²) < 4.78 is 4.93. The largest absolute Gasteiger partial charge is 0.505 e. The van der Waals surface area contributed by atoms with Crippen LogP contribution in [0.25, 0.3) is 10.8 Å². The Balaban J connectivity index is 1.89. The van der Waals surface area contributed by atoms with E-state index in [1.807, 2.05) is 42.5 Å². The minimum absolute atomic E-state index is 0.234. The molecule has 5 heteroatoms. The van der Waals surface area contributed by atoms with Crippen LogP contribution in [0.1, 0.15) is 17.2 Å². The number of rotatable bonds is 3. The number of carbonyl (C=O) groups is 1. The number of ether oxygens (including phenoxy) is 1. The SMILES string of the molecule is O=C1OC(CC(S)c2cccc3ccccc23)C(O)=C1O. The van der Waals surface area contributed by atoms with Crippen LogP contribution in [0.15, 0.2) is 54.0 Å². The number of aliphatic hydroxyl groups is 2. The number of fused-ring (bicyclic) bond motifs is 1. The van der Waals surface area contributed by atoms with Crippen LogP contribution < -0.4 is 0 Å². The van der Waals surface area contributed by atoms with Gasteiger partial charge in [0, 0.05) is 11.7 Å². The molecule has 0 aromatic heterocycles. The molecule has 4 nitrogen and oxygen atoms in total. The molecular formula is C16H14O4S. The first-order valence-electron chi connectivity index (χ1n) is 6.56. The Morgan fingerprint density at radius 3 is 2.57 bits per heavy atom. The number of thiol groups is 1. The van der Waals surface area contributed by atoms with E-state index >= 15 is 0 Å². The van der Waals surface area contributed by atoms with E-state index < -0.39 is 23.6 Å². The fraction of sp³-hybridized carbons (Fsp3) is 0.188. The van der Waals surface area contributed by atoms with Crippen molar-refractivity contribution in [3.05, 3.63) is 59.5 Å². The first-order chi connectivity index (χ1) is 10.1. The van der Waals surface area contributed by atoms with Gasteiger partial charge in [-0.25, -0.2) is 4.79 Å². The van der Waals surface area contributed by atoms with Crippen LogP contribution in [0, 0.1) is 0 Å². The number of esters is 1. The third kappa shape index (κ3) is 2.45. The van der Waals surface area contributed by atoms with Gasteiger partial charge in [0.15, 0.2) is 11.9 Å². The number of benzene rings is 2. The Morgan fingerprint density at radius 2 is 1.86 bits per heavy atom. The van der Waals surface area contributed by atoms with Crippen LogP contribution in [0.3, 0.4) is 0 Å². The zero-order valence-corrected chi connectivity index (χ0v) is 12.0. The van der Waals surface area contributed by atoms with Gasteiger partial charge in [0.05, 0.1) is 0 Å². The maximum atomic E-state index is 11.2. The quantitative estimate of drug-likeness (QED) is 0.600. The normalized spacial score (nSPS) is 19.9. The zero-order chi connectivity index (χ0) is 15.0. The molecular weight excluding hydrogens is 288 g/mol. The van der Waals surface area contributed by atoms with Gasteiger partial charge in [0.2, 0.25) is 5.76 Å². The van der Waals surface area contributed by atoms with Gasteiger partial charge in [-0.2, -0.15) is 12.6 Å². The second kappa shape index (κ2) is 5.33. The van der Waals surface area contributed by atoms with E-state index in [9.17, 15) is 15.0 Å². The standard InChI is InChI=1S/C16H14O4S/c17-14-12(20-16(19)15(14)18)8-13(21)11-7-3-5-9-4-1-2-6-10(9)11/h1-7,12-13,17-18,21H,8H2. The monoisotopic (exact) mass is 302 g/mol. The number of cyclic esters (lactones) is 1. The molecule has 1 aliphatic heterocycles. The highest BCUT2D eigenvalue weighted by molar-refractivity contribution is 7.80. The van der Waals surface area contributed by atoms with Crippen molar-refractivity contribution in [2.45, 2.75) is 17.8 Å². The van der Waals surface area contributed by atoms with Gasteiger partial charge >= 0.3 is 5.97 Å². The smallest absolute Gasteiger partial charge is 0.377 e. The Labute approximate surface area is 127 Å². The van der Waals surface area contributed by atoms with Crippen molar-refractivity contribution < 1.29 is 19.7 Å². The van der Waals surface area contributed by atoms with E-state index in [1.165, 1.54) is 0 Å². The van der Waals surface area contributed by atoms with Gasteiger partial charge < -0.3 is 14.9 Å². The molecule has 0 radical (unpaired) electrons. The Morgan fingerprint density at radius 1 is 1.14 bits per heavy atom. The lowest BCUT2D eigenvalue weighted by Gasteiger charge is -2.17. The summed E-state index contributed by atoms with van der Waals surface area (Å²) in [6, 6.07) is 13.8. The van der Waals surface area contributed by atoms with Crippen LogP contribution in [-0.4, -0.2) is 22.3 Å². The lowest BCUT2D eigenvalue weighted by molar-refractivity contribution is -0.142. The predicted molar refractivity (Wildman–Crippen MR) is 82.5 cm³/mol. The van der Waals surface area contributed by atoms with Crippen LogP contribution in [0.4, 0.5) is 0 Å². The average Bonchev–Trinajstić information content (AvgIpc) is 2.74. The summed E-state index contributed by atoms with van der Waals surface area (Å²) in [5.41, 5.74) is 0.992. The molecule has 1 aliphatic rings. The lowest BCUT2D eigenvalue weighted by Crippen LogP contribution is -2.14. The molecule has 0 bridgehead atoms. The van der Waals surface area contributed by atoms with E-state index in [4.69, 9.17) is 4.74 Å². The van der Waals surface area contributed by atoms with Crippen molar-refractivity contribution >= 4 is 29.4 Å². The number of aliphatic hydroxyl groups excluding tert-OH is 2. The molecule has 0 spiro atoms. The summed E-state index contributed by atoms with van der Waals surface area (Å²) in [6.07, 6.45) is -0.558. The summed E-state index contributed by atoms with van der Waals surface area (Å²) in [4.78, 5) is 11.2. The number of hydrogen-bond acceptors (Lipinski definition) is 5. The first-order valence-corrected chi connectivity index (χ1v) is 7.08. The summed E-state index contributed by atoms with van der Waals surface area (Å²) in [5, 5.41) is 20.9. The number of carbonyl (C=O) groups excluding carboxylic acids is 1. The summed E-state index contributed by atoms with van der Waals surface area (Å²) in [5.74, 6) is -2.02. The fourth-order valence-electron chi connectivity index (χ4n) is 2.53. The highest BCUT2D eigenvalue weighted by atomic mass is 32.1. The maximum absolute atomic E-state index is 11.2. The van der Waals surface area contributed by atoms with Crippen LogP contribution in [0.5, 0.6) is 0 Å². The Hall–Kier alpha value is -2.14. The highest BCUT2D eigenvalue weighted by Crippen LogP contribution is 2.35. The topological polar surface area (TPSA) is 66.8 Å². The van der Waals surface area contributed by atoms with Crippen molar-refractivity contribution in [1.29, 1.82) is 0 Å². The minimum Gasteiger partial charge on any atom is -0.505 e. The van der Waals surface area contributed by atoms with Crippen LogP contribution in [0.2, 0.25) is 0 Å². The molecule has 0 saturated carbocycles. The molecule has 21 heavy (non-hydrogen) atoms. The Bertz CT molecular complexity index is 733. The van der Waals surface area contributed by atoms with Crippen molar-refractivity contribution in [3.63, 3.8) is 0 Å². The molecule has 1 heterocycles. The zero-order valence-electron chi connectivity index (χ0n) is 11.1.